The molecule has 1 aromatic carbocycles. The van der Waals surface area contributed by atoms with Crippen LogP contribution in [-0.2, 0) is 0 Å². The molecule has 1 aliphatic carbocycles. The van der Waals surface area contributed by atoms with Crippen molar-refractivity contribution >= 4 is 0 Å². The minimum atomic E-state index is 0.251. The molecule has 116 heavy (non-hydrogen) atoms. The summed E-state index contributed by atoms with van der Waals surface area (Å²) in [6.07, 6.45) is 22.9. The lowest BCUT2D eigenvalue weighted by Gasteiger charge is -2.47. The molecule has 0 aromatic heterocycles. The van der Waals surface area contributed by atoms with Gasteiger partial charge in [-0.15, -0.1) is 6.58 Å². The second-order valence-corrected chi connectivity index (χ2v) is 54.2. The standard InChI is InChI=1S/C18H35N.C18H29N.C16H33N.C15H31N.C15H29N.C14H29N.C13H27N/c2*1-17(2,3)16-15(14-10-8-7-9-11-14)12-13-19(16)18(4,5)6;1-9-12(2)13-10-11-17(16(6,7)8)14(13)15(3,4)5;1-11(2)12-9-10-16(15(6,7)8)13(12)14(3,4)5;1-8-9-12-10-11-16(15(5,6)7)13(12)14(2,3)4;1-8-11-9-10-15(14(5,6)7)12(11)13(2,3)4;1-10-8-9-14(13(5,6)7)11(10)12(2,3)4/h14-16H,7-13H2,1-6H3;7-11,15-16H,12-13H2,1-6H3;12-14H,9-11H2,1-8H3;11-13H,9-10H2,1-8H3;8,12-13H,1,9-11H2,2-7H3;11-12H,8-10H2,1-7H3;10-11H,8-9H2,1-7H3. The monoisotopic (exact) mass is 1620 g/mol. The van der Waals surface area contributed by atoms with Gasteiger partial charge in [-0.3, -0.25) is 34.3 Å². The Balaban J connectivity index is 0.000000351. The Labute approximate surface area is 731 Å². The molecule has 8 fully saturated rings. The minimum Gasteiger partial charge on any atom is -0.295 e. The molecule has 0 radical (unpaired) electrons. The van der Waals surface area contributed by atoms with Crippen molar-refractivity contribution in [2.75, 3.05) is 45.8 Å². The van der Waals surface area contributed by atoms with Gasteiger partial charge in [-0.25, -0.2) is 0 Å². The summed E-state index contributed by atoms with van der Waals surface area (Å²) in [5.74, 6) is 8.53. The first-order chi connectivity index (χ1) is 52.0. The highest BCUT2D eigenvalue weighted by atomic mass is 15.3. The fraction of sp³-hybridized carbons (Fsp3) is 0.927. The van der Waals surface area contributed by atoms with Gasteiger partial charge in [-0.2, -0.15) is 0 Å². The molecule has 9 rings (SSSR count). The SMILES string of the molecule is C=CCC1CCN(C(C)(C)C)C1C(C)(C)C.CC(C)(C)C1C(C2CCCCC2)CCN1C(C)(C)C.CC(C)(C)C1C(c2ccccc2)CCN1C(C)(C)C.CC(C)C1CCN(C(C)(C)C)C1C(C)(C)C.CC1CCN(C(C)(C)C)C1C(C)(C)C.CCC(C)C1CCN(C(C)(C)C)C1C(C)(C)C.CCC1CCN(C(C)(C)C)C1C(C)(C)C. The molecular weight excluding hydrogens is 1410 g/mol. The molecule has 684 valence electrons. The molecule has 15 unspecified atom stereocenters. The van der Waals surface area contributed by atoms with Crippen molar-refractivity contribution in [3.63, 3.8) is 0 Å². The van der Waals surface area contributed by atoms with Crippen LogP contribution in [-0.4, -0.2) is 161 Å². The highest BCUT2D eigenvalue weighted by Crippen LogP contribution is 2.52. The van der Waals surface area contributed by atoms with Crippen LogP contribution in [0.4, 0.5) is 0 Å². The highest BCUT2D eigenvalue weighted by molar-refractivity contribution is 5.25. The summed E-state index contributed by atoms with van der Waals surface area (Å²) >= 11 is 0. The van der Waals surface area contributed by atoms with E-state index in [9.17, 15) is 0 Å². The first-order valence-electron chi connectivity index (χ1n) is 49.1. The van der Waals surface area contributed by atoms with E-state index in [0.29, 0.717) is 83.6 Å². The van der Waals surface area contributed by atoms with Crippen LogP contribution in [0.1, 0.15) is 440 Å². The summed E-state index contributed by atoms with van der Waals surface area (Å²) in [4.78, 5) is 19.1. The lowest BCUT2D eigenvalue weighted by molar-refractivity contribution is 0.0215. The van der Waals surface area contributed by atoms with Gasteiger partial charge in [0.05, 0.1) is 0 Å². The zero-order chi connectivity index (χ0) is 90.2. The van der Waals surface area contributed by atoms with Gasteiger partial charge >= 0.3 is 0 Å². The molecule has 0 bridgehead atoms. The van der Waals surface area contributed by atoms with Gasteiger partial charge in [-0.05, 0) is 339 Å². The van der Waals surface area contributed by atoms with Gasteiger partial charge in [0.15, 0.2) is 0 Å². The molecule has 7 heteroatoms. The maximum atomic E-state index is 3.91. The third-order valence-electron chi connectivity index (χ3n) is 29.4. The smallest absolute Gasteiger partial charge is 0.0218 e. The summed E-state index contributed by atoms with van der Waals surface area (Å²) in [5, 5.41) is 0. The van der Waals surface area contributed by atoms with E-state index >= 15 is 0 Å². The average Bonchev–Trinajstić information content (AvgIpc) is 1.63. The number of allylic oxidation sites excluding steroid dienone is 1. The summed E-state index contributed by atoms with van der Waals surface area (Å²) in [7, 11) is 0. The molecule has 0 amide bonds. The zero-order valence-electron chi connectivity index (χ0n) is 88.2. The molecule has 7 aliphatic heterocycles. The molecule has 1 aromatic rings. The van der Waals surface area contributed by atoms with Crippen LogP contribution in [0.2, 0.25) is 0 Å². The average molecular weight is 1620 g/mol. The summed E-state index contributed by atoms with van der Waals surface area (Å²) in [5.41, 5.74) is 6.29. The van der Waals surface area contributed by atoms with Crippen molar-refractivity contribution < 1.29 is 0 Å². The van der Waals surface area contributed by atoms with Crippen LogP contribution >= 0.6 is 0 Å². The van der Waals surface area contributed by atoms with E-state index in [0.717, 1.165) is 89.9 Å². The van der Waals surface area contributed by atoms with E-state index in [-0.39, 0.29) is 11.1 Å². The van der Waals surface area contributed by atoms with E-state index < -0.39 is 0 Å². The van der Waals surface area contributed by atoms with Crippen LogP contribution in [0.15, 0.2) is 43.0 Å². The van der Waals surface area contributed by atoms with Crippen molar-refractivity contribution in [2.45, 2.75) is 516 Å². The van der Waals surface area contributed by atoms with Crippen LogP contribution in [0.5, 0.6) is 0 Å². The van der Waals surface area contributed by atoms with Crippen molar-refractivity contribution in [2.24, 2.45) is 91.2 Å². The molecule has 1 saturated carbocycles. The third kappa shape index (κ3) is 31.1. The predicted molar refractivity (Wildman–Crippen MR) is 522 cm³/mol. The predicted octanol–water partition coefficient (Wildman–Crippen LogP) is 30.1. The van der Waals surface area contributed by atoms with Crippen LogP contribution < -0.4 is 0 Å². The van der Waals surface area contributed by atoms with Crippen LogP contribution in [0.3, 0.4) is 0 Å². The molecule has 0 spiro atoms. The van der Waals surface area contributed by atoms with Gasteiger partial charge < -0.3 is 0 Å². The maximum Gasteiger partial charge on any atom is 0.0218 e. The van der Waals surface area contributed by atoms with E-state index in [1.54, 1.807) is 0 Å². The Bertz CT molecular complexity index is 2920. The summed E-state index contributed by atoms with van der Waals surface area (Å²) in [6, 6.07) is 16.1. The van der Waals surface area contributed by atoms with Gasteiger partial charge in [0.1, 0.15) is 0 Å². The summed E-state index contributed by atoms with van der Waals surface area (Å²) < 4.78 is 0. The number of hydrogen-bond donors (Lipinski definition) is 0. The Morgan fingerprint density at radius 2 is 0.629 bits per heavy atom. The van der Waals surface area contributed by atoms with E-state index in [1.165, 1.54) is 141 Å². The van der Waals surface area contributed by atoms with Gasteiger partial charge in [0, 0.05) is 87.0 Å². The first kappa shape index (κ1) is 109. The lowest BCUT2D eigenvalue weighted by atomic mass is 9.69. The first-order valence-corrected chi connectivity index (χ1v) is 49.1. The topological polar surface area (TPSA) is 22.7 Å². The zero-order valence-corrected chi connectivity index (χ0v) is 88.2. The maximum absolute atomic E-state index is 3.91. The fourth-order valence-corrected chi connectivity index (χ4v) is 24.8. The Kier molecular flexibility index (Phi) is 39.3. The van der Waals surface area contributed by atoms with Crippen LogP contribution in [0.25, 0.3) is 0 Å². The number of likely N-dealkylation sites (tertiary alicyclic amines) is 7. The number of rotatable bonds is 8. The molecule has 7 nitrogen and oxygen atoms in total. The fourth-order valence-electron chi connectivity index (χ4n) is 24.8. The largest absolute Gasteiger partial charge is 0.295 e. The summed E-state index contributed by atoms with van der Waals surface area (Å²) in [6.45, 7) is 127. The van der Waals surface area contributed by atoms with Crippen molar-refractivity contribution in [1.82, 2.24) is 34.3 Å². The van der Waals surface area contributed by atoms with E-state index in [4.69, 9.17) is 0 Å². The van der Waals surface area contributed by atoms with Gasteiger partial charge in [-0.1, -0.05) is 268 Å². The molecule has 15 atom stereocenters. The Hall–Kier alpha value is -1.32. The molecule has 7 saturated heterocycles. The van der Waals surface area contributed by atoms with E-state index in [2.05, 4.69) is 410 Å². The third-order valence-corrected chi connectivity index (χ3v) is 29.4. The number of benzene rings is 1. The molecule has 7 heterocycles. The van der Waals surface area contributed by atoms with Crippen LogP contribution in [0, 0.1) is 91.2 Å². The Morgan fingerprint density at radius 3 is 0.974 bits per heavy atom. The van der Waals surface area contributed by atoms with Gasteiger partial charge in [0.25, 0.3) is 0 Å². The van der Waals surface area contributed by atoms with Crippen molar-refractivity contribution in [1.29, 1.82) is 0 Å². The van der Waals surface area contributed by atoms with Crippen molar-refractivity contribution in [3.8, 4) is 0 Å². The molecular formula is C109H213N7. The van der Waals surface area contributed by atoms with Gasteiger partial charge in [0.2, 0.25) is 0 Å². The quantitative estimate of drug-likeness (QED) is 0.239. The minimum absolute atomic E-state index is 0.251. The lowest BCUT2D eigenvalue weighted by Crippen LogP contribution is -2.52. The normalized spacial score (nSPS) is 29.3. The number of hydrogen-bond acceptors (Lipinski definition) is 7. The highest BCUT2D eigenvalue weighted by Gasteiger charge is 2.53. The molecule has 8 aliphatic rings. The number of nitrogens with zero attached hydrogens (tertiary/aromatic N) is 7. The second-order valence-electron chi connectivity index (χ2n) is 54.2. The Morgan fingerprint density at radius 1 is 0.328 bits per heavy atom. The van der Waals surface area contributed by atoms with E-state index in [1.807, 2.05) is 0 Å². The second kappa shape index (κ2) is 41.9. The molecule has 0 N–H and O–H groups in total. The van der Waals surface area contributed by atoms with Crippen molar-refractivity contribution in [3.05, 3.63) is 48.6 Å².